The lowest BCUT2D eigenvalue weighted by Gasteiger charge is -2.06. The fourth-order valence-electron chi connectivity index (χ4n) is 2.13. The lowest BCUT2D eigenvalue weighted by molar-refractivity contribution is 0.0596. The van der Waals surface area contributed by atoms with Gasteiger partial charge in [0.1, 0.15) is 10.6 Å². The summed E-state index contributed by atoms with van der Waals surface area (Å²) >= 11 is 0.668. The van der Waals surface area contributed by atoms with E-state index in [1.807, 2.05) is 0 Å². The zero-order chi connectivity index (χ0) is 18.6. The van der Waals surface area contributed by atoms with Crippen LogP contribution in [-0.4, -0.2) is 41.1 Å². The van der Waals surface area contributed by atoms with Gasteiger partial charge >= 0.3 is 11.9 Å². The molecule has 136 valence electrons. The zero-order valence-electron chi connectivity index (χ0n) is 13.8. The molecule has 0 aromatic carbocycles. The Morgan fingerprint density at radius 3 is 2.48 bits per heavy atom. The first kappa shape index (κ1) is 19.2. The highest BCUT2D eigenvalue weighted by molar-refractivity contribution is 7.91. The smallest absolute Gasteiger partial charge is 0.348 e. The number of methoxy groups -OCH3 is 2. The number of carbonyl (C=O) groups excluding carboxylic acids is 2. The van der Waals surface area contributed by atoms with Gasteiger partial charge in [-0.25, -0.2) is 22.7 Å². The Hall–Kier alpha value is -2.17. The summed E-state index contributed by atoms with van der Waals surface area (Å²) in [5.74, 6) is -0.937. The van der Waals surface area contributed by atoms with Crippen LogP contribution in [-0.2, 0) is 25.9 Å². The number of hydrogen-bond donors (Lipinski definition) is 1. The first-order valence-electron chi connectivity index (χ1n) is 7.14. The average Bonchev–Trinajstić information content (AvgIpc) is 3.21. The molecule has 0 aliphatic carbocycles. The Kier molecular flexibility index (Phi) is 5.98. The third kappa shape index (κ3) is 4.09. The Bertz CT molecular complexity index is 866. The van der Waals surface area contributed by atoms with Crippen LogP contribution < -0.4 is 4.72 Å². The van der Waals surface area contributed by atoms with Crippen LogP contribution in [0.3, 0.4) is 0 Å². The maximum atomic E-state index is 12.6. The average molecular weight is 387 g/mol. The number of rotatable bonds is 7. The van der Waals surface area contributed by atoms with E-state index in [9.17, 15) is 18.0 Å². The van der Waals surface area contributed by atoms with Crippen LogP contribution in [0.15, 0.2) is 27.0 Å². The van der Waals surface area contributed by atoms with Gasteiger partial charge in [0.15, 0.2) is 4.21 Å². The number of esters is 2. The fourth-order valence-corrected chi connectivity index (χ4v) is 4.95. The van der Waals surface area contributed by atoms with Gasteiger partial charge in [0, 0.05) is 13.0 Å². The molecule has 0 aliphatic rings. The van der Waals surface area contributed by atoms with E-state index in [-0.39, 0.29) is 26.8 Å². The van der Waals surface area contributed by atoms with Crippen molar-refractivity contribution in [2.24, 2.45) is 0 Å². The molecule has 0 aliphatic heterocycles. The minimum Gasteiger partial charge on any atom is -0.469 e. The number of thiophene rings is 1. The van der Waals surface area contributed by atoms with Crippen LogP contribution in [0.2, 0.25) is 0 Å². The molecule has 2 aromatic heterocycles. The number of sulfonamides is 1. The van der Waals surface area contributed by atoms with E-state index in [0.717, 1.165) is 7.11 Å². The molecular weight excluding hydrogens is 370 g/mol. The second-order valence-corrected chi connectivity index (χ2v) is 7.91. The molecule has 0 unspecified atom stereocenters. The molecule has 0 saturated heterocycles. The third-order valence-electron chi connectivity index (χ3n) is 3.36. The molecule has 8 nitrogen and oxygen atoms in total. The van der Waals surface area contributed by atoms with Crippen molar-refractivity contribution in [3.8, 4) is 0 Å². The maximum absolute atomic E-state index is 12.6. The largest absolute Gasteiger partial charge is 0.469 e. The van der Waals surface area contributed by atoms with E-state index in [4.69, 9.17) is 4.42 Å². The molecule has 0 amide bonds. The van der Waals surface area contributed by atoms with Crippen molar-refractivity contribution in [3.05, 3.63) is 40.2 Å². The fraction of sp³-hybridized carbons (Fsp3) is 0.333. The summed E-state index contributed by atoms with van der Waals surface area (Å²) in [5.41, 5.74) is 0.0357. The van der Waals surface area contributed by atoms with Crippen molar-refractivity contribution in [2.45, 2.75) is 17.6 Å². The molecule has 0 bridgehead atoms. The summed E-state index contributed by atoms with van der Waals surface area (Å²) in [5, 5.41) is 0. The second-order valence-electron chi connectivity index (χ2n) is 4.93. The lowest BCUT2D eigenvalue weighted by Crippen LogP contribution is -2.26. The SMILES string of the molecule is COC(=O)c1sc(S(=O)(=O)NCCc2ccco2)c(C(=O)OC)c1C. The van der Waals surface area contributed by atoms with E-state index in [1.54, 1.807) is 12.1 Å². The Labute approximate surface area is 148 Å². The van der Waals surface area contributed by atoms with Crippen LogP contribution in [0.1, 0.15) is 31.4 Å². The molecule has 0 atom stereocenters. The number of nitrogens with one attached hydrogen (secondary N) is 1. The molecule has 2 rings (SSSR count). The highest BCUT2D eigenvalue weighted by Gasteiger charge is 2.32. The van der Waals surface area contributed by atoms with Crippen LogP contribution >= 0.6 is 11.3 Å². The van der Waals surface area contributed by atoms with Gasteiger partial charge in [0.05, 0.1) is 26.0 Å². The molecule has 10 heteroatoms. The van der Waals surface area contributed by atoms with Gasteiger partial charge in [0.25, 0.3) is 10.0 Å². The van der Waals surface area contributed by atoms with Gasteiger partial charge in [-0.15, -0.1) is 11.3 Å². The monoisotopic (exact) mass is 387 g/mol. The minimum absolute atomic E-state index is 0.0364. The summed E-state index contributed by atoms with van der Waals surface area (Å²) in [6.07, 6.45) is 1.83. The Morgan fingerprint density at radius 1 is 1.24 bits per heavy atom. The first-order valence-corrected chi connectivity index (χ1v) is 9.43. The zero-order valence-corrected chi connectivity index (χ0v) is 15.5. The molecule has 1 N–H and O–H groups in total. The topological polar surface area (TPSA) is 112 Å². The molecule has 2 heterocycles. The standard InChI is InChI=1S/C15H17NO7S2/c1-9-11(13(17)21-2)15(24-12(9)14(18)22-3)25(19,20)16-7-6-10-5-4-8-23-10/h4-5,8,16H,6-7H2,1-3H3. The minimum atomic E-state index is -4.02. The first-order chi connectivity index (χ1) is 11.8. The normalized spacial score (nSPS) is 11.3. The van der Waals surface area contributed by atoms with Crippen molar-refractivity contribution in [1.82, 2.24) is 4.72 Å². The van der Waals surface area contributed by atoms with E-state index in [1.165, 1.54) is 20.3 Å². The number of furan rings is 1. The maximum Gasteiger partial charge on any atom is 0.348 e. The van der Waals surface area contributed by atoms with Gasteiger partial charge in [-0.3, -0.25) is 0 Å². The molecule has 0 radical (unpaired) electrons. The van der Waals surface area contributed by atoms with E-state index >= 15 is 0 Å². The van der Waals surface area contributed by atoms with Crippen molar-refractivity contribution in [2.75, 3.05) is 20.8 Å². The summed E-state index contributed by atoms with van der Waals surface area (Å²) in [7, 11) is -1.71. The predicted molar refractivity (Wildman–Crippen MR) is 89.3 cm³/mol. The van der Waals surface area contributed by atoms with Gasteiger partial charge in [-0.2, -0.15) is 0 Å². The van der Waals surface area contributed by atoms with Crippen LogP contribution in [0.5, 0.6) is 0 Å². The van der Waals surface area contributed by atoms with Crippen molar-refractivity contribution < 1.29 is 31.9 Å². The Morgan fingerprint density at radius 2 is 1.92 bits per heavy atom. The third-order valence-corrected chi connectivity index (χ3v) is 6.61. The van der Waals surface area contributed by atoms with Gasteiger partial charge < -0.3 is 13.9 Å². The van der Waals surface area contributed by atoms with Crippen LogP contribution in [0, 0.1) is 6.92 Å². The van der Waals surface area contributed by atoms with Gasteiger partial charge in [0.2, 0.25) is 0 Å². The van der Waals surface area contributed by atoms with E-state index in [0.29, 0.717) is 23.5 Å². The predicted octanol–water partition coefficient (Wildman–Crippen LogP) is 1.74. The highest BCUT2D eigenvalue weighted by Crippen LogP contribution is 2.33. The summed E-state index contributed by atoms with van der Waals surface area (Å²) in [4.78, 5) is 23.9. The number of ether oxygens (including phenoxy) is 2. The molecule has 0 spiro atoms. The molecule has 0 fully saturated rings. The van der Waals surface area contributed by atoms with Gasteiger partial charge in [-0.05, 0) is 24.6 Å². The molecule has 2 aromatic rings. The van der Waals surface area contributed by atoms with Crippen molar-refractivity contribution in [1.29, 1.82) is 0 Å². The van der Waals surface area contributed by atoms with Crippen LogP contribution in [0.25, 0.3) is 0 Å². The Balaban J connectivity index is 2.34. The van der Waals surface area contributed by atoms with Crippen LogP contribution in [0.4, 0.5) is 0 Å². The quantitative estimate of drug-likeness (QED) is 0.720. The lowest BCUT2D eigenvalue weighted by atomic mass is 10.2. The molecule has 25 heavy (non-hydrogen) atoms. The van der Waals surface area contributed by atoms with Gasteiger partial charge in [-0.1, -0.05) is 0 Å². The highest BCUT2D eigenvalue weighted by atomic mass is 32.2. The number of carbonyl (C=O) groups is 2. The van der Waals surface area contributed by atoms with Crippen molar-refractivity contribution >= 4 is 33.3 Å². The second kappa shape index (κ2) is 7.81. The number of hydrogen-bond acceptors (Lipinski definition) is 8. The summed E-state index contributed by atoms with van der Waals surface area (Å²) < 4.78 is 41.7. The summed E-state index contributed by atoms with van der Waals surface area (Å²) in [6, 6.07) is 3.42. The van der Waals surface area contributed by atoms with E-state index < -0.39 is 22.0 Å². The molecular formula is C15H17NO7S2. The van der Waals surface area contributed by atoms with E-state index in [2.05, 4.69) is 14.2 Å². The molecule has 0 saturated carbocycles. The summed E-state index contributed by atoms with van der Waals surface area (Å²) in [6.45, 7) is 1.54. The van der Waals surface area contributed by atoms with Crippen molar-refractivity contribution in [3.63, 3.8) is 0 Å².